The van der Waals surface area contributed by atoms with Gasteiger partial charge in [0, 0.05) is 18.3 Å². The molecule has 2 aromatic carbocycles. The molecular formula is C21H22FN3O4. The van der Waals surface area contributed by atoms with Crippen LogP contribution in [0.5, 0.6) is 0 Å². The van der Waals surface area contributed by atoms with Crippen molar-refractivity contribution in [2.75, 3.05) is 18.5 Å². The molecule has 0 radical (unpaired) electrons. The number of carbonyl (C=O) groups excluding carboxylic acids is 3. The highest BCUT2D eigenvalue weighted by Gasteiger charge is 2.06. The predicted molar refractivity (Wildman–Crippen MR) is 107 cm³/mol. The molecule has 0 bridgehead atoms. The van der Waals surface area contributed by atoms with Crippen LogP contribution in [0.1, 0.15) is 18.1 Å². The number of rotatable bonds is 8. The van der Waals surface area contributed by atoms with Crippen LogP contribution in [-0.2, 0) is 20.9 Å². The molecule has 2 aromatic rings. The Morgan fingerprint density at radius 2 is 1.69 bits per heavy atom. The van der Waals surface area contributed by atoms with Crippen molar-refractivity contribution in [3.8, 4) is 0 Å². The zero-order valence-corrected chi connectivity index (χ0v) is 15.9. The Hall–Kier alpha value is -3.68. The van der Waals surface area contributed by atoms with E-state index in [0.717, 1.165) is 11.1 Å². The Kier molecular flexibility index (Phi) is 8.37. The summed E-state index contributed by atoms with van der Waals surface area (Å²) in [4.78, 5) is 34.9. The maximum atomic E-state index is 12.8. The first kappa shape index (κ1) is 21.6. The number of urea groups is 1. The second kappa shape index (κ2) is 11.2. The minimum Gasteiger partial charge on any atom is -0.463 e. The van der Waals surface area contributed by atoms with Crippen molar-refractivity contribution in [1.82, 2.24) is 10.6 Å². The smallest absolute Gasteiger partial charge is 0.330 e. The minimum absolute atomic E-state index is 0.209. The van der Waals surface area contributed by atoms with Crippen LogP contribution in [0.15, 0.2) is 54.6 Å². The number of halogens is 1. The Bertz CT molecular complexity index is 864. The predicted octanol–water partition coefficient (Wildman–Crippen LogP) is 2.84. The van der Waals surface area contributed by atoms with E-state index in [-0.39, 0.29) is 18.9 Å². The maximum absolute atomic E-state index is 12.8. The molecule has 29 heavy (non-hydrogen) atoms. The van der Waals surface area contributed by atoms with Crippen LogP contribution in [0.25, 0.3) is 6.08 Å². The number of hydrogen-bond acceptors (Lipinski definition) is 4. The fourth-order valence-electron chi connectivity index (χ4n) is 2.25. The van der Waals surface area contributed by atoms with Crippen LogP contribution < -0.4 is 16.0 Å². The summed E-state index contributed by atoms with van der Waals surface area (Å²) in [7, 11) is 0. The van der Waals surface area contributed by atoms with Crippen LogP contribution in [0.2, 0.25) is 0 Å². The monoisotopic (exact) mass is 399 g/mol. The average molecular weight is 399 g/mol. The number of anilines is 1. The van der Waals surface area contributed by atoms with Crippen LogP contribution in [0.3, 0.4) is 0 Å². The van der Waals surface area contributed by atoms with Crippen molar-refractivity contribution in [2.24, 2.45) is 0 Å². The number of nitrogens with one attached hydrogen (secondary N) is 3. The standard InChI is InChI=1S/C21H22FN3O4/c1-2-29-20(27)12-7-15-5-10-18(11-6-15)25-19(26)14-24-21(28)23-13-16-3-8-17(22)9-4-16/h3-12H,2,13-14H2,1H3,(H,25,26)(H2,23,24,28)/b12-7+. The third-order valence-corrected chi connectivity index (χ3v) is 3.67. The van der Waals surface area contributed by atoms with Crippen molar-refractivity contribution >= 4 is 29.7 Å². The molecule has 0 aromatic heterocycles. The minimum atomic E-state index is -0.510. The highest BCUT2D eigenvalue weighted by atomic mass is 19.1. The maximum Gasteiger partial charge on any atom is 0.330 e. The van der Waals surface area contributed by atoms with E-state index in [2.05, 4.69) is 16.0 Å². The number of benzene rings is 2. The summed E-state index contributed by atoms with van der Waals surface area (Å²) in [5, 5.41) is 7.67. The first-order chi connectivity index (χ1) is 14.0. The fraction of sp³-hybridized carbons (Fsp3) is 0.190. The average Bonchev–Trinajstić information content (AvgIpc) is 2.71. The summed E-state index contributed by atoms with van der Waals surface area (Å²) >= 11 is 0. The second-order valence-electron chi connectivity index (χ2n) is 5.92. The van der Waals surface area contributed by atoms with Gasteiger partial charge in [0.15, 0.2) is 0 Å². The van der Waals surface area contributed by atoms with Gasteiger partial charge < -0.3 is 20.7 Å². The first-order valence-electron chi connectivity index (χ1n) is 8.97. The largest absolute Gasteiger partial charge is 0.463 e. The van der Waals surface area contributed by atoms with Gasteiger partial charge in [-0.05, 0) is 48.4 Å². The molecule has 0 unspecified atom stereocenters. The normalized spacial score (nSPS) is 10.4. The Morgan fingerprint density at radius 1 is 1.00 bits per heavy atom. The molecule has 0 aliphatic heterocycles. The molecule has 0 heterocycles. The third-order valence-electron chi connectivity index (χ3n) is 3.67. The number of carbonyl (C=O) groups is 3. The van der Waals surface area contributed by atoms with Gasteiger partial charge in [-0.3, -0.25) is 4.79 Å². The quantitative estimate of drug-likeness (QED) is 0.470. The van der Waals surface area contributed by atoms with E-state index in [1.165, 1.54) is 18.2 Å². The lowest BCUT2D eigenvalue weighted by atomic mass is 10.2. The van der Waals surface area contributed by atoms with E-state index in [4.69, 9.17) is 4.74 Å². The molecule has 2 rings (SSSR count). The number of esters is 1. The number of ether oxygens (including phenoxy) is 1. The van der Waals surface area contributed by atoms with Gasteiger partial charge in [0.2, 0.25) is 5.91 Å². The van der Waals surface area contributed by atoms with Gasteiger partial charge in [-0.1, -0.05) is 24.3 Å². The zero-order valence-electron chi connectivity index (χ0n) is 15.9. The van der Waals surface area contributed by atoms with Crippen molar-refractivity contribution in [3.63, 3.8) is 0 Å². The Balaban J connectivity index is 1.72. The van der Waals surface area contributed by atoms with Crippen molar-refractivity contribution in [1.29, 1.82) is 0 Å². The van der Waals surface area contributed by atoms with Gasteiger partial charge in [0.05, 0.1) is 13.2 Å². The molecule has 0 atom stereocenters. The van der Waals surface area contributed by atoms with E-state index in [1.807, 2.05) is 0 Å². The van der Waals surface area contributed by atoms with E-state index in [0.29, 0.717) is 12.3 Å². The molecule has 7 nitrogen and oxygen atoms in total. The lowest BCUT2D eigenvalue weighted by Crippen LogP contribution is -2.39. The Morgan fingerprint density at radius 3 is 2.34 bits per heavy atom. The van der Waals surface area contributed by atoms with Gasteiger partial charge in [-0.2, -0.15) is 0 Å². The van der Waals surface area contributed by atoms with E-state index < -0.39 is 17.9 Å². The first-order valence-corrected chi connectivity index (χ1v) is 8.97. The van der Waals surface area contributed by atoms with E-state index in [9.17, 15) is 18.8 Å². The molecule has 3 amide bonds. The molecule has 0 saturated heterocycles. The third kappa shape index (κ3) is 8.25. The molecule has 0 fully saturated rings. The van der Waals surface area contributed by atoms with Gasteiger partial charge in [-0.15, -0.1) is 0 Å². The molecule has 3 N–H and O–H groups in total. The van der Waals surface area contributed by atoms with Gasteiger partial charge in [0.25, 0.3) is 0 Å². The lowest BCUT2D eigenvalue weighted by molar-refractivity contribution is -0.137. The summed E-state index contributed by atoms with van der Waals surface area (Å²) in [6, 6.07) is 12.0. The fourth-order valence-corrected chi connectivity index (χ4v) is 2.25. The van der Waals surface area contributed by atoms with Crippen molar-refractivity contribution < 1.29 is 23.5 Å². The van der Waals surface area contributed by atoms with Gasteiger partial charge in [-0.25, -0.2) is 14.0 Å². The lowest BCUT2D eigenvalue weighted by Gasteiger charge is -2.09. The number of amides is 3. The molecular weight excluding hydrogens is 377 g/mol. The van der Waals surface area contributed by atoms with Gasteiger partial charge >= 0.3 is 12.0 Å². The van der Waals surface area contributed by atoms with Crippen LogP contribution in [0, 0.1) is 5.82 Å². The highest BCUT2D eigenvalue weighted by molar-refractivity contribution is 5.94. The second-order valence-corrected chi connectivity index (χ2v) is 5.92. The summed E-state index contributed by atoms with van der Waals surface area (Å²) in [5.41, 5.74) is 2.06. The SMILES string of the molecule is CCOC(=O)/C=C/c1ccc(NC(=O)CNC(=O)NCc2ccc(F)cc2)cc1. The van der Waals surface area contributed by atoms with Gasteiger partial charge in [0.1, 0.15) is 5.82 Å². The molecule has 0 aliphatic carbocycles. The summed E-state index contributed by atoms with van der Waals surface area (Å²) in [5.74, 6) is -1.16. The van der Waals surface area contributed by atoms with E-state index >= 15 is 0 Å². The summed E-state index contributed by atoms with van der Waals surface area (Å²) < 4.78 is 17.6. The molecule has 0 aliphatic rings. The summed E-state index contributed by atoms with van der Waals surface area (Å²) in [6.45, 7) is 2.05. The summed E-state index contributed by atoms with van der Waals surface area (Å²) in [6.07, 6.45) is 2.93. The topological polar surface area (TPSA) is 96.5 Å². The van der Waals surface area contributed by atoms with Crippen molar-refractivity contribution in [3.05, 3.63) is 71.6 Å². The number of hydrogen-bond donors (Lipinski definition) is 3. The van der Waals surface area contributed by atoms with Crippen molar-refractivity contribution in [2.45, 2.75) is 13.5 Å². The Labute approximate surface area is 167 Å². The van der Waals surface area contributed by atoms with Crippen LogP contribution >= 0.6 is 0 Å². The zero-order chi connectivity index (χ0) is 21.1. The molecule has 152 valence electrons. The van der Waals surface area contributed by atoms with E-state index in [1.54, 1.807) is 49.4 Å². The molecule has 0 saturated carbocycles. The highest BCUT2D eigenvalue weighted by Crippen LogP contribution is 2.10. The molecule has 8 heteroatoms. The van der Waals surface area contributed by atoms with Crippen LogP contribution in [0.4, 0.5) is 14.9 Å². The molecule has 0 spiro atoms. The van der Waals surface area contributed by atoms with Crippen LogP contribution in [-0.4, -0.2) is 31.1 Å².